The van der Waals surface area contributed by atoms with Gasteiger partial charge in [-0.3, -0.25) is 4.79 Å². The summed E-state index contributed by atoms with van der Waals surface area (Å²) in [7, 11) is -4.08. The monoisotopic (exact) mass is 308 g/mol. The number of halogens is 3. The van der Waals surface area contributed by atoms with Gasteiger partial charge in [0, 0.05) is 37.1 Å². The molecular weight excluding hydrogens is 297 g/mol. The Morgan fingerprint density at radius 1 is 1.30 bits per heavy atom. The van der Waals surface area contributed by atoms with E-state index in [0.29, 0.717) is 0 Å². The highest BCUT2D eigenvalue weighted by Gasteiger charge is 2.37. The minimum absolute atomic E-state index is 0.304. The van der Waals surface area contributed by atoms with Gasteiger partial charge >= 0.3 is 6.18 Å². The highest BCUT2D eigenvalue weighted by molar-refractivity contribution is 7.89. The fourth-order valence-electron chi connectivity index (χ4n) is 1.87. The second-order valence-electron chi connectivity index (χ2n) is 4.21. The molecule has 0 fully saturated rings. The van der Waals surface area contributed by atoms with Crippen LogP contribution in [0.1, 0.15) is 6.42 Å². The maximum atomic E-state index is 12.5. The van der Waals surface area contributed by atoms with Crippen molar-refractivity contribution in [1.82, 2.24) is 9.29 Å². The van der Waals surface area contributed by atoms with Crippen molar-refractivity contribution in [2.75, 3.05) is 13.1 Å². The first kappa shape index (κ1) is 14.8. The fraction of sp³-hybridized carbons (Fsp3) is 0.364. The Labute approximate surface area is 112 Å². The molecule has 0 spiro atoms. The number of rotatable bonds is 2. The molecule has 5 nitrogen and oxygen atoms in total. The molecule has 110 valence electrons. The minimum Gasteiger partial charge on any atom is -0.366 e. The van der Waals surface area contributed by atoms with Crippen LogP contribution >= 0.6 is 0 Å². The second kappa shape index (κ2) is 5.06. The number of pyridine rings is 1. The number of alkyl halides is 3. The highest BCUT2D eigenvalue weighted by atomic mass is 32.2. The third kappa shape index (κ3) is 2.78. The van der Waals surface area contributed by atoms with Crippen LogP contribution in [-0.4, -0.2) is 37.0 Å². The standard InChI is InChI=1S/C11H11F3N2O3S/c12-11(13,14)8-2-5-16(6-3-8)20(18,19)10-7-15-4-1-9(10)17/h1-2,4,7H,3,5-6H2,(H,15,17). The number of aromatic amines is 1. The summed E-state index contributed by atoms with van der Waals surface area (Å²) in [6.07, 6.45) is -1.73. The highest BCUT2D eigenvalue weighted by Crippen LogP contribution is 2.31. The summed E-state index contributed by atoms with van der Waals surface area (Å²) in [5.41, 5.74) is -1.44. The lowest BCUT2D eigenvalue weighted by Gasteiger charge is -2.26. The van der Waals surface area contributed by atoms with Gasteiger partial charge < -0.3 is 4.98 Å². The number of H-pyrrole nitrogens is 1. The van der Waals surface area contributed by atoms with Crippen molar-refractivity contribution in [2.24, 2.45) is 0 Å². The van der Waals surface area contributed by atoms with E-state index in [0.717, 1.165) is 22.6 Å². The summed E-state index contributed by atoms with van der Waals surface area (Å²) in [5, 5.41) is 0. The zero-order valence-electron chi connectivity index (χ0n) is 10.1. The molecular formula is C11H11F3N2O3S. The van der Waals surface area contributed by atoms with Crippen LogP contribution in [0.4, 0.5) is 13.2 Å². The zero-order valence-corrected chi connectivity index (χ0v) is 11.0. The minimum atomic E-state index is -4.44. The van der Waals surface area contributed by atoms with E-state index in [1.807, 2.05) is 0 Å². The quantitative estimate of drug-likeness (QED) is 0.836. The molecule has 20 heavy (non-hydrogen) atoms. The van der Waals surface area contributed by atoms with Gasteiger partial charge in [0.25, 0.3) is 0 Å². The SMILES string of the molecule is O=c1cc[nH]cc1S(=O)(=O)N1CC=C(C(F)(F)F)CC1. The van der Waals surface area contributed by atoms with Gasteiger partial charge in [0.15, 0.2) is 0 Å². The number of hydrogen-bond acceptors (Lipinski definition) is 3. The second-order valence-corrected chi connectivity index (χ2v) is 6.12. The molecule has 0 atom stereocenters. The lowest BCUT2D eigenvalue weighted by molar-refractivity contribution is -0.0953. The molecule has 0 saturated heterocycles. The molecule has 1 aromatic rings. The Bertz CT molecular complexity index is 691. The van der Waals surface area contributed by atoms with Gasteiger partial charge in [-0.25, -0.2) is 8.42 Å². The number of sulfonamides is 1. The van der Waals surface area contributed by atoms with Gasteiger partial charge in [-0.05, 0) is 6.42 Å². The van der Waals surface area contributed by atoms with Gasteiger partial charge in [0.2, 0.25) is 15.5 Å². The third-order valence-electron chi connectivity index (χ3n) is 2.94. The number of nitrogens with one attached hydrogen (secondary N) is 1. The number of aromatic nitrogens is 1. The van der Waals surface area contributed by atoms with Crippen molar-refractivity contribution in [3.63, 3.8) is 0 Å². The van der Waals surface area contributed by atoms with Gasteiger partial charge in [0.05, 0.1) is 0 Å². The van der Waals surface area contributed by atoms with Crippen molar-refractivity contribution in [3.8, 4) is 0 Å². The van der Waals surface area contributed by atoms with E-state index in [2.05, 4.69) is 4.98 Å². The van der Waals surface area contributed by atoms with Crippen LogP contribution in [0.2, 0.25) is 0 Å². The molecule has 1 aromatic heterocycles. The first-order valence-corrected chi connectivity index (χ1v) is 7.10. The normalized spacial score (nSPS) is 17.9. The Hall–Kier alpha value is -1.61. The molecule has 0 aliphatic carbocycles. The van der Waals surface area contributed by atoms with E-state index in [1.54, 1.807) is 0 Å². The van der Waals surface area contributed by atoms with E-state index in [9.17, 15) is 26.4 Å². The van der Waals surface area contributed by atoms with Crippen molar-refractivity contribution in [3.05, 3.63) is 40.3 Å². The maximum absolute atomic E-state index is 12.5. The van der Waals surface area contributed by atoms with Crippen LogP contribution in [0, 0.1) is 0 Å². The van der Waals surface area contributed by atoms with Crippen LogP contribution in [-0.2, 0) is 10.0 Å². The average Bonchev–Trinajstić information content (AvgIpc) is 2.38. The molecule has 0 aromatic carbocycles. The van der Waals surface area contributed by atoms with Gasteiger partial charge in [-0.2, -0.15) is 17.5 Å². The third-order valence-corrected chi connectivity index (χ3v) is 4.83. The van der Waals surface area contributed by atoms with E-state index in [4.69, 9.17) is 0 Å². The van der Waals surface area contributed by atoms with Gasteiger partial charge in [-0.1, -0.05) is 6.08 Å². The van der Waals surface area contributed by atoms with Crippen molar-refractivity contribution in [2.45, 2.75) is 17.5 Å². The Morgan fingerprint density at radius 3 is 2.50 bits per heavy atom. The topological polar surface area (TPSA) is 70.2 Å². The molecule has 0 unspecified atom stereocenters. The summed E-state index contributed by atoms with van der Waals surface area (Å²) in [6, 6.07) is 1.05. The van der Waals surface area contributed by atoms with E-state index in [-0.39, 0.29) is 6.54 Å². The summed E-state index contributed by atoms with van der Waals surface area (Å²) >= 11 is 0. The predicted octanol–water partition coefficient (Wildman–Crippen LogP) is 1.26. The largest absolute Gasteiger partial charge is 0.412 e. The van der Waals surface area contributed by atoms with E-state index >= 15 is 0 Å². The lowest BCUT2D eigenvalue weighted by Crippen LogP contribution is -2.38. The Kier molecular flexibility index (Phi) is 3.74. The average molecular weight is 308 g/mol. The fourth-order valence-corrected chi connectivity index (χ4v) is 3.29. The van der Waals surface area contributed by atoms with E-state index < -0.39 is 45.1 Å². The molecule has 9 heteroatoms. The molecule has 2 rings (SSSR count). The first-order chi connectivity index (χ1) is 9.23. The predicted molar refractivity (Wildman–Crippen MR) is 64.6 cm³/mol. The van der Waals surface area contributed by atoms with Crippen LogP contribution in [0.25, 0.3) is 0 Å². The molecule has 0 bridgehead atoms. The Balaban J connectivity index is 2.29. The number of hydrogen-bond donors (Lipinski definition) is 1. The lowest BCUT2D eigenvalue weighted by atomic mass is 10.1. The molecule has 0 radical (unpaired) electrons. The smallest absolute Gasteiger partial charge is 0.366 e. The maximum Gasteiger partial charge on any atom is 0.412 e. The van der Waals surface area contributed by atoms with Crippen molar-refractivity contribution >= 4 is 10.0 Å². The van der Waals surface area contributed by atoms with Crippen molar-refractivity contribution < 1.29 is 21.6 Å². The van der Waals surface area contributed by atoms with E-state index in [1.165, 1.54) is 6.20 Å². The molecule has 1 aliphatic heterocycles. The van der Waals surface area contributed by atoms with Crippen LogP contribution in [0.15, 0.2) is 39.8 Å². The van der Waals surface area contributed by atoms with Crippen LogP contribution in [0.5, 0.6) is 0 Å². The van der Waals surface area contributed by atoms with Gasteiger partial charge in [-0.15, -0.1) is 0 Å². The first-order valence-electron chi connectivity index (χ1n) is 5.66. The molecule has 1 N–H and O–H groups in total. The summed E-state index contributed by atoms with van der Waals surface area (Å²) in [6.45, 7) is -0.701. The molecule has 1 aliphatic rings. The molecule has 0 saturated carbocycles. The summed E-state index contributed by atoms with van der Waals surface area (Å²) < 4.78 is 62.6. The van der Waals surface area contributed by atoms with Crippen LogP contribution in [0.3, 0.4) is 0 Å². The molecule has 0 amide bonds. The summed E-state index contributed by atoms with van der Waals surface area (Å²) in [4.78, 5) is 13.5. The summed E-state index contributed by atoms with van der Waals surface area (Å²) in [5.74, 6) is 0. The Morgan fingerprint density at radius 2 is 2.00 bits per heavy atom. The van der Waals surface area contributed by atoms with Crippen LogP contribution < -0.4 is 5.43 Å². The molecule has 2 heterocycles. The number of nitrogens with zero attached hydrogens (tertiary/aromatic N) is 1. The van der Waals surface area contributed by atoms with Crippen molar-refractivity contribution in [1.29, 1.82) is 0 Å². The van der Waals surface area contributed by atoms with Gasteiger partial charge in [0.1, 0.15) is 4.90 Å². The zero-order chi connectivity index (χ0) is 15.0.